The summed E-state index contributed by atoms with van der Waals surface area (Å²) in [6.07, 6.45) is 6.76. The lowest BCUT2D eigenvalue weighted by Gasteiger charge is -2.31. The molecule has 5 heteroatoms. The van der Waals surface area contributed by atoms with Gasteiger partial charge in [0.05, 0.1) is 12.2 Å². The molecule has 102 valence electrons. The molecule has 1 saturated heterocycles. The highest BCUT2D eigenvalue weighted by Gasteiger charge is 2.20. The number of hydrogen-bond acceptors (Lipinski definition) is 2. The van der Waals surface area contributed by atoms with Gasteiger partial charge in [-0.05, 0) is 12.8 Å². The number of terminal acetylenes is 1. The van der Waals surface area contributed by atoms with E-state index in [9.17, 15) is 13.2 Å². The zero-order chi connectivity index (χ0) is 13.8. The largest absolute Gasteiger partial charge is 0.380 e. The lowest BCUT2D eigenvalue weighted by atomic mass is 10.0. The highest BCUT2D eigenvalue weighted by atomic mass is 19.2. The molecule has 1 aliphatic heterocycles. The van der Waals surface area contributed by atoms with Gasteiger partial charge in [0.25, 0.3) is 0 Å². The Kier molecular flexibility index (Phi) is 4.33. The van der Waals surface area contributed by atoms with Gasteiger partial charge in [0.2, 0.25) is 0 Å². The van der Waals surface area contributed by atoms with Crippen LogP contribution in [0.5, 0.6) is 0 Å². The van der Waals surface area contributed by atoms with E-state index in [1.807, 2.05) is 0 Å². The van der Waals surface area contributed by atoms with E-state index in [2.05, 4.69) is 16.1 Å². The molecule has 2 rings (SSSR count). The number of anilines is 1. The molecule has 0 aliphatic carbocycles. The minimum absolute atomic E-state index is 0.00437. The first-order valence-corrected chi connectivity index (χ1v) is 6.17. The summed E-state index contributed by atoms with van der Waals surface area (Å²) in [7, 11) is 0. The average Bonchev–Trinajstić information content (AvgIpc) is 2.38. The van der Waals surface area contributed by atoms with E-state index in [0.29, 0.717) is 12.6 Å². The quantitative estimate of drug-likeness (QED) is 0.669. The number of halogens is 3. The monoisotopic (exact) mass is 268 g/mol. The Morgan fingerprint density at radius 1 is 1.26 bits per heavy atom. The molecule has 19 heavy (non-hydrogen) atoms. The summed E-state index contributed by atoms with van der Waals surface area (Å²) in [5.41, 5.74) is -0.118. The predicted molar refractivity (Wildman–Crippen MR) is 68.2 cm³/mol. The molecule has 0 radical (unpaired) electrons. The maximum atomic E-state index is 13.5. The van der Waals surface area contributed by atoms with Crippen molar-refractivity contribution in [1.29, 1.82) is 0 Å². The van der Waals surface area contributed by atoms with Crippen LogP contribution in [-0.4, -0.2) is 30.6 Å². The summed E-state index contributed by atoms with van der Waals surface area (Å²) in [5.74, 6) is -0.422. The van der Waals surface area contributed by atoms with Crippen molar-refractivity contribution in [2.24, 2.45) is 0 Å². The summed E-state index contributed by atoms with van der Waals surface area (Å²) in [5, 5.41) is 2.86. The van der Waals surface area contributed by atoms with Crippen molar-refractivity contribution in [3.63, 3.8) is 0 Å². The van der Waals surface area contributed by atoms with Crippen molar-refractivity contribution in [2.45, 2.75) is 18.9 Å². The molecule has 0 unspecified atom stereocenters. The first-order valence-electron chi connectivity index (χ1n) is 6.17. The minimum atomic E-state index is -1.17. The van der Waals surface area contributed by atoms with Crippen molar-refractivity contribution in [3.8, 4) is 12.3 Å². The van der Waals surface area contributed by atoms with Gasteiger partial charge in [-0.3, -0.25) is 4.90 Å². The van der Waals surface area contributed by atoms with Crippen molar-refractivity contribution >= 4 is 5.69 Å². The average molecular weight is 268 g/mol. The molecule has 1 fully saturated rings. The van der Waals surface area contributed by atoms with E-state index in [4.69, 9.17) is 6.42 Å². The first kappa shape index (κ1) is 13.8. The van der Waals surface area contributed by atoms with Crippen molar-refractivity contribution in [2.75, 3.05) is 25.0 Å². The number of piperidine rings is 1. The second kappa shape index (κ2) is 5.98. The van der Waals surface area contributed by atoms with Gasteiger partial charge in [-0.25, -0.2) is 13.2 Å². The van der Waals surface area contributed by atoms with Crippen molar-refractivity contribution < 1.29 is 13.2 Å². The Labute approximate surface area is 110 Å². The molecular formula is C14H15F3N2. The standard InChI is InChI=1S/C14H15F3N2/c1-2-5-19-6-3-11(4-7-19)18-13-9-10(15)8-12(16)14(13)17/h1,8-9,11,18H,3-7H2. The first-order chi connectivity index (χ1) is 9.10. The van der Waals surface area contributed by atoms with Crippen LogP contribution in [0.4, 0.5) is 18.9 Å². The molecule has 1 aliphatic rings. The minimum Gasteiger partial charge on any atom is -0.380 e. The Balaban J connectivity index is 1.98. The van der Waals surface area contributed by atoms with Gasteiger partial charge in [-0.2, -0.15) is 0 Å². The lowest BCUT2D eigenvalue weighted by molar-refractivity contribution is 0.243. The van der Waals surface area contributed by atoms with Crippen LogP contribution in [0, 0.1) is 29.8 Å². The Hall–Kier alpha value is -1.67. The number of nitrogens with one attached hydrogen (secondary N) is 1. The van der Waals surface area contributed by atoms with Gasteiger partial charge >= 0.3 is 0 Å². The van der Waals surface area contributed by atoms with Gasteiger partial charge in [-0.1, -0.05) is 5.92 Å². The Morgan fingerprint density at radius 3 is 2.58 bits per heavy atom. The van der Waals surface area contributed by atoms with Crippen molar-refractivity contribution in [1.82, 2.24) is 4.90 Å². The summed E-state index contributed by atoms with van der Waals surface area (Å²) < 4.78 is 39.6. The Bertz CT molecular complexity index is 488. The molecule has 1 aromatic rings. The predicted octanol–water partition coefficient (Wildman–Crippen LogP) is 2.61. The summed E-state index contributed by atoms with van der Waals surface area (Å²) >= 11 is 0. The molecule has 1 heterocycles. The van der Waals surface area contributed by atoms with Crippen LogP contribution in [0.3, 0.4) is 0 Å². The van der Waals surface area contributed by atoms with Crippen molar-refractivity contribution in [3.05, 3.63) is 29.6 Å². The molecule has 0 amide bonds. The zero-order valence-electron chi connectivity index (χ0n) is 10.4. The Morgan fingerprint density at radius 2 is 1.95 bits per heavy atom. The number of benzene rings is 1. The molecule has 0 saturated carbocycles. The van der Waals surface area contributed by atoms with Crippen LogP contribution in [0.1, 0.15) is 12.8 Å². The van der Waals surface area contributed by atoms with Crippen LogP contribution in [0.25, 0.3) is 0 Å². The van der Waals surface area contributed by atoms with E-state index in [0.717, 1.165) is 32.0 Å². The SMILES string of the molecule is C#CCN1CCC(Nc2cc(F)cc(F)c2F)CC1. The maximum absolute atomic E-state index is 13.5. The normalized spacial score (nSPS) is 17.2. The molecular weight excluding hydrogens is 253 g/mol. The topological polar surface area (TPSA) is 15.3 Å². The summed E-state index contributed by atoms with van der Waals surface area (Å²) in [6, 6.07) is 1.52. The maximum Gasteiger partial charge on any atom is 0.182 e. The van der Waals surface area contributed by atoms with Gasteiger partial charge in [0, 0.05) is 31.3 Å². The van der Waals surface area contributed by atoms with Gasteiger partial charge in [-0.15, -0.1) is 6.42 Å². The second-order valence-electron chi connectivity index (χ2n) is 4.65. The fourth-order valence-corrected chi connectivity index (χ4v) is 2.25. The third-order valence-corrected chi connectivity index (χ3v) is 3.26. The number of rotatable bonds is 3. The van der Waals surface area contributed by atoms with Gasteiger partial charge in [0.1, 0.15) is 5.82 Å². The van der Waals surface area contributed by atoms with Crippen LogP contribution in [-0.2, 0) is 0 Å². The zero-order valence-corrected chi connectivity index (χ0v) is 10.4. The molecule has 0 aromatic heterocycles. The van der Waals surface area contributed by atoms with Gasteiger partial charge < -0.3 is 5.32 Å². The van der Waals surface area contributed by atoms with E-state index < -0.39 is 17.5 Å². The highest BCUT2D eigenvalue weighted by Crippen LogP contribution is 2.22. The molecule has 0 bridgehead atoms. The fourth-order valence-electron chi connectivity index (χ4n) is 2.25. The third-order valence-electron chi connectivity index (χ3n) is 3.26. The summed E-state index contributed by atoms with van der Waals surface area (Å²) in [4.78, 5) is 2.11. The number of likely N-dealkylation sites (tertiary alicyclic amines) is 1. The molecule has 0 atom stereocenters. The van der Waals surface area contributed by atoms with Crippen LogP contribution >= 0.6 is 0 Å². The third kappa shape index (κ3) is 3.42. The molecule has 1 N–H and O–H groups in total. The van der Waals surface area contributed by atoms with Crippen LogP contribution in [0.15, 0.2) is 12.1 Å². The fraction of sp³-hybridized carbons (Fsp3) is 0.429. The number of nitrogens with zero attached hydrogens (tertiary/aromatic N) is 1. The highest BCUT2D eigenvalue weighted by molar-refractivity contribution is 5.46. The lowest BCUT2D eigenvalue weighted by Crippen LogP contribution is -2.39. The molecule has 1 aromatic carbocycles. The van der Waals surface area contributed by atoms with E-state index in [1.54, 1.807) is 0 Å². The van der Waals surface area contributed by atoms with Crippen LogP contribution in [0.2, 0.25) is 0 Å². The number of hydrogen-bond donors (Lipinski definition) is 1. The van der Waals surface area contributed by atoms with E-state index in [1.165, 1.54) is 0 Å². The van der Waals surface area contributed by atoms with Crippen LogP contribution < -0.4 is 5.32 Å². The summed E-state index contributed by atoms with van der Waals surface area (Å²) in [6.45, 7) is 2.18. The second-order valence-corrected chi connectivity index (χ2v) is 4.65. The van der Waals surface area contributed by atoms with E-state index in [-0.39, 0.29) is 11.7 Å². The molecule has 0 spiro atoms. The smallest absolute Gasteiger partial charge is 0.182 e. The molecule has 2 nitrogen and oxygen atoms in total. The van der Waals surface area contributed by atoms with Gasteiger partial charge in [0.15, 0.2) is 11.6 Å². The van der Waals surface area contributed by atoms with E-state index >= 15 is 0 Å².